The molecule has 1 aliphatic carbocycles. The molecule has 2 aliphatic rings. The largest absolute Gasteiger partial charge is 0.339 e. The Kier molecular flexibility index (Phi) is 5.19. The predicted octanol–water partition coefficient (Wildman–Crippen LogP) is 3.12. The molecule has 24 heavy (non-hydrogen) atoms. The summed E-state index contributed by atoms with van der Waals surface area (Å²) < 4.78 is 13.1. The van der Waals surface area contributed by atoms with Crippen LogP contribution in [0.25, 0.3) is 0 Å². The van der Waals surface area contributed by atoms with Crippen LogP contribution in [0.15, 0.2) is 30.4 Å². The second-order valence-corrected chi connectivity index (χ2v) is 6.67. The normalized spacial score (nSPS) is 20.5. The number of piperazine rings is 1. The van der Waals surface area contributed by atoms with Crippen molar-refractivity contribution < 1.29 is 14.0 Å². The van der Waals surface area contributed by atoms with Crippen LogP contribution in [0.1, 0.15) is 29.6 Å². The topological polar surface area (TPSA) is 40.6 Å². The van der Waals surface area contributed by atoms with Gasteiger partial charge in [0.25, 0.3) is 5.91 Å². The van der Waals surface area contributed by atoms with Crippen LogP contribution in [0.3, 0.4) is 0 Å². The van der Waals surface area contributed by atoms with Gasteiger partial charge in [-0.05, 0) is 37.0 Å². The summed E-state index contributed by atoms with van der Waals surface area (Å²) in [5, 5.41) is 0.117. The number of carbonyl (C=O) groups is 2. The highest BCUT2D eigenvalue weighted by atomic mass is 35.5. The highest BCUT2D eigenvalue weighted by Crippen LogP contribution is 2.23. The van der Waals surface area contributed by atoms with Gasteiger partial charge in [0.1, 0.15) is 5.82 Å². The molecule has 1 atom stereocenters. The number of benzene rings is 1. The molecule has 4 nitrogen and oxygen atoms in total. The molecule has 2 amide bonds. The van der Waals surface area contributed by atoms with Crippen LogP contribution in [-0.4, -0.2) is 47.8 Å². The summed E-state index contributed by atoms with van der Waals surface area (Å²) in [5.74, 6) is -0.174. The average Bonchev–Trinajstić information content (AvgIpc) is 3.07. The minimum atomic E-state index is -0.465. The zero-order chi connectivity index (χ0) is 17.1. The standard InChI is InChI=1S/C18H20ClFN2O2/c19-16-12-14(20)5-6-15(16)18(24)22-9-7-21(8-10-22)17(23)11-13-3-1-2-4-13/h1,3,5-6,12-13H,2,4,7-11H2. The Labute approximate surface area is 145 Å². The number of hydrogen-bond acceptors (Lipinski definition) is 2. The van der Waals surface area contributed by atoms with E-state index in [-0.39, 0.29) is 16.8 Å². The fourth-order valence-electron chi connectivity index (χ4n) is 3.21. The van der Waals surface area contributed by atoms with E-state index >= 15 is 0 Å². The number of hydrogen-bond donors (Lipinski definition) is 0. The lowest BCUT2D eigenvalue weighted by atomic mass is 10.0. The fourth-order valence-corrected chi connectivity index (χ4v) is 3.46. The third kappa shape index (κ3) is 3.78. The molecule has 0 bridgehead atoms. The van der Waals surface area contributed by atoms with Gasteiger partial charge in [0.2, 0.25) is 5.91 Å². The van der Waals surface area contributed by atoms with Gasteiger partial charge in [-0.25, -0.2) is 4.39 Å². The number of carbonyl (C=O) groups excluding carboxylic acids is 2. The lowest BCUT2D eigenvalue weighted by Gasteiger charge is -2.35. The van der Waals surface area contributed by atoms with Crippen molar-refractivity contribution in [2.24, 2.45) is 5.92 Å². The molecule has 1 heterocycles. The fraction of sp³-hybridized carbons (Fsp3) is 0.444. The molecule has 3 rings (SSSR count). The molecule has 0 spiro atoms. The molecular weight excluding hydrogens is 331 g/mol. The minimum Gasteiger partial charge on any atom is -0.339 e. The first kappa shape index (κ1) is 17.0. The van der Waals surface area contributed by atoms with Crippen LogP contribution in [0.4, 0.5) is 4.39 Å². The van der Waals surface area contributed by atoms with Crippen LogP contribution in [0.2, 0.25) is 5.02 Å². The van der Waals surface area contributed by atoms with Gasteiger partial charge in [-0.1, -0.05) is 23.8 Å². The summed E-state index contributed by atoms with van der Waals surface area (Å²) >= 11 is 5.96. The van der Waals surface area contributed by atoms with E-state index in [0.29, 0.717) is 44.1 Å². The molecule has 6 heteroatoms. The zero-order valence-electron chi connectivity index (χ0n) is 13.4. The molecule has 0 N–H and O–H groups in total. The van der Waals surface area contributed by atoms with Gasteiger partial charge < -0.3 is 9.80 Å². The molecule has 1 aromatic rings. The monoisotopic (exact) mass is 350 g/mol. The SMILES string of the molecule is O=C(CC1C=CCC1)N1CCN(C(=O)c2ccc(F)cc2Cl)CC1. The van der Waals surface area contributed by atoms with Crippen molar-refractivity contribution in [3.05, 3.63) is 46.8 Å². The molecule has 1 unspecified atom stereocenters. The maximum atomic E-state index is 13.1. The Balaban J connectivity index is 1.55. The Morgan fingerprint density at radius 2 is 1.88 bits per heavy atom. The smallest absolute Gasteiger partial charge is 0.255 e. The molecule has 128 valence electrons. The highest BCUT2D eigenvalue weighted by Gasteiger charge is 2.27. The summed E-state index contributed by atoms with van der Waals surface area (Å²) in [6.07, 6.45) is 6.90. The van der Waals surface area contributed by atoms with Gasteiger partial charge in [-0.3, -0.25) is 9.59 Å². The maximum Gasteiger partial charge on any atom is 0.255 e. The third-order valence-electron chi connectivity index (χ3n) is 4.63. The average molecular weight is 351 g/mol. The molecule has 0 radical (unpaired) electrons. The molecule has 1 aromatic carbocycles. The number of halogens is 2. The minimum absolute atomic E-state index is 0.117. The van der Waals surface area contributed by atoms with Crippen molar-refractivity contribution in [1.82, 2.24) is 9.80 Å². The number of amides is 2. The summed E-state index contributed by atoms with van der Waals surface area (Å²) in [6.45, 7) is 2.00. The van der Waals surface area contributed by atoms with Crippen molar-refractivity contribution in [2.75, 3.05) is 26.2 Å². The van der Waals surface area contributed by atoms with Crippen molar-refractivity contribution >= 4 is 23.4 Å². The van der Waals surface area contributed by atoms with Crippen LogP contribution >= 0.6 is 11.6 Å². The maximum absolute atomic E-state index is 13.1. The summed E-state index contributed by atoms with van der Waals surface area (Å²) in [4.78, 5) is 28.3. The van der Waals surface area contributed by atoms with E-state index in [4.69, 9.17) is 11.6 Å². The van der Waals surface area contributed by atoms with Crippen LogP contribution < -0.4 is 0 Å². The van der Waals surface area contributed by atoms with E-state index in [2.05, 4.69) is 12.2 Å². The molecule has 1 aliphatic heterocycles. The molecular formula is C18H20ClFN2O2. The number of nitrogens with zero attached hydrogens (tertiary/aromatic N) is 2. The Bertz CT molecular complexity index is 669. The highest BCUT2D eigenvalue weighted by molar-refractivity contribution is 6.33. The van der Waals surface area contributed by atoms with Gasteiger partial charge in [0, 0.05) is 32.6 Å². The van der Waals surface area contributed by atoms with Gasteiger partial charge in [-0.15, -0.1) is 0 Å². The Morgan fingerprint density at radius 1 is 1.17 bits per heavy atom. The van der Waals surface area contributed by atoms with E-state index in [9.17, 15) is 14.0 Å². The van der Waals surface area contributed by atoms with E-state index in [1.807, 2.05) is 4.90 Å². The number of allylic oxidation sites excluding steroid dienone is 2. The van der Waals surface area contributed by atoms with E-state index in [1.165, 1.54) is 12.1 Å². The molecule has 0 saturated carbocycles. The zero-order valence-corrected chi connectivity index (χ0v) is 14.1. The first-order chi connectivity index (χ1) is 11.5. The molecule has 0 aromatic heterocycles. The van der Waals surface area contributed by atoms with Gasteiger partial charge in [0.15, 0.2) is 0 Å². The molecule has 1 saturated heterocycles. The van der Waals surface area contributed by atoms with Crippen molar-refractivity contribution in [2.45, 2.75) is 19.3 Å². The van der Waals surface area contributed by atoms with Gasteiger partial charge in [-0.2, -0.15) is 0 Å². The summed E-state index contributed by atoms with van der Waals surface area (Å²) in [5.41, 5.74) is 0.300. The van der Waals surface area contributed by atoms with Crippen molar-refractivity contribution in [3.8, 4) is 0 Å². The Hall–Kier alpha value is -1.88. The van der Waals surface area contributed by atoms with Crippen LogP contribution in [0.5, 0.6) is 0 Å². The van der Waals surface area contributed by atoms with E-state index in [0.717, 1.165) is 18.9 Å². The van der Waals surface area contributed by atoms with Crippen molar-refractivity contribution in [1.29, 1.82) is 0 Å². The first-order valence-corrected chi connectivity index (χ1v) is 8.61. The quantitative estimate of drug-likeness (QED) is 0.786. The van der Waals surface area contributed by atoms with Crippen LogP contribution in [-0.2, 0) is 4.79 Å². The van der Waals surface area contributed by atoms with Crippen LogP contribution in [0, 0.1) is 11.7 Å². The second-order valence-electron chi connectivity index (χ2n) is 6.27. The predicted molar refractivity (Wildman–Crippen MR) is 90.4 cm³/mol. The lowest BCUT2D eigenvalue weighted by molar-refractivity contribution is -0.133. The summed E-state index contributed by atoms with van der Waals surface area (Å²) in [7, 11) is 0. The first-order valence-electron chi connectivity index (χ1n) is 8.23. The molecule has 1 fully saturated rings. The van der Waals surface area contributed by atoms with Crippen molar-refractivity contribution in [3.63, 3.8) is 0 Å². The second kappa shape index (κ2) is 7.34. The summed E-state index contributed by atoms with van der Waals surface area (Å²) in [6, 6.07) is 3.78. The lowest BCUT2D eigenvalue weighted by Crippen LogP contribution is -2.50. The van der Waals surface area contributed by atoms with Gasteiger partial charge in [0.05, 0.1) is 10.6 Å². The number of rotatable bonds is 3. The Morgan fingerprint density at radius 3 is 2.50 bits per heavy atom. The van der Waals surface area contributed by atoms with E-state index < -0.39 is 5.82 Å². The van der Waals surface area contributed by atoms with E-state index in [1.54, 1.807) is 4.90 Å². The third-order valence-corrected chi connectivity index (χ3v) is 4.94. The van der Waals surface area contributed by atoms with Gasteiger partial charge >= 0.3 is 0 Å².